The molecule has 1 fully saturated rings. The summed E-state index contributed by atoms with van der Waals surface area (Å²) < 4.78 is 46.7. The number of aliphatic imine (C=N–C) groups is 1. The van der Waals surface area contributed by atoms with Crippen molar-refractivity contribution in [1.82, 2.24) is 15.0 Å². The first-order valence-corrected chi connectivity index (χ1v) is 11.4. The number of hydrogen-bond acceptors (Lipinski definition) is 7. The zero-order chi connectivity index (χ0) is 24.1. The highest BCUT2D eigenvalue weighted by Gasteiger charge is 2.71. The lowest BCUT2D eigenvalue weighted by Gasteiger charge is -2.34. The molecule has 0 amide bonds. The number of nitrogens with two attached hydrogens (primary N) is 1. The highest BCUT2D eigenvalue weighted by atomic mass is 32.2. The maximum Gasteiger partial charge on any atom is 0.253 e. The summed E-state index contributed by atoms with van der Waals surface area (Å²) in [6, 6.07) is 6.34. The standard InChI is InChI=1S/C24H20F3N5OS/c1-3-8-33-19-12-30-20-16(31-19)6-7-29-17(20)10-13-4-5-15(25)14(9-13)23(2)18-11-24(18,21(26)27)34-22(28)32-23/h1,4-7,9,12,18,21H,8,10-11H2,2H3,(H2,28,32)/t18-,23+,24-/m0/s1. The van der Waals surface area contributed by atoms with Gasteiger partial charge in [0, 0.05) is 24.1 Å². The molecule has 10 heteroatoms. The zero-order valence-corrected chi connectivity index (χ0v) is 19.0. The van der Waals surface area contributed by atoms with Gasteiger partial charge in [-0.25, -0.2) is 23.1 Å². The Morgan fingerprint density at radius 3 is 2.91 bits per heavy atom. The van der Waals surface area contributed by atoms with Crippen molar-refractivity contribution in [1.29, 1.82) is 0 Å². The summed E-state index contributed by atoms with van der Waals surface area (Å²) in [4.78, 5) is 17.7. The summed E-state index contributed by atoms with van der Waals surface area (Å²) in [7, 11) is 0. The van der Waals surface area contributed by atoms with Gasteiger partial charge in [0.25, 0.3) is 6.43 Å². The number of alkyl halides is 2. The van der Waals surface area contributed by atoms with E-state index in [0.29, 0.717) is 29.0 Å². The second-order valence-electron chi connectivity index (χ2n) is 8.53. The van der Waals surface area contributed by atoms with Gasteiger partial charge < -0.3 is 10.5 Å². The molecule has 1 aliphatic heterocycles. The second kappa shape index (κ2) is 8.17. The number of aromatic nitrogens is 3. The number of benzene rings is 1. The predicted octanol–water partition coefficient (Wildman–Crippen LogP) is 4.07. The lowest BCUT2D eigenvalue weighted by molar-refractivity contribution is 0.124. The topological polar surface area (TPSA) is 86.3 Å². The third-order valence-corrected chi connectivity index (χ3v) is 7.71. The lowest BCUT2D eigenvalue weighted by atomic mass is 9.84. The van der Waals surface area contributed by atoms with Crippen molar-refractivity contribution >= 4 is 28.0 Å². The van der Waals surface area contributed by atoms with Crippen LogP contribution in [0.3, 0.4) is 0 Å². The van der Waals surface area contributed by atoms with Gasteiger partial charge in [0.15, 0.2) is 11.8 Å². The van der Waals surface area contributed by atoms with Gasteiger partial charge >= 0.3 is 0 Å². The van der Waals surface area contributed by atoms with Crippen LogP contribution in [0.25, 0.3) is 11.0 Å². The Morgan fingerprint density at radius 2 is 2.15 bits per heavy atom. The normalized spacial score (nSPS) is 25.5. The van der Waals surface area contributed by atoms with E-state index in [1.165, 1.54) is 12.3 Å². The molecule has 3 aromatic rings. The predicted molar refractivity (Wildman–Crippen MR) is 124 cm³/mol. The van der Waals surface area contributed by atoms with Gasteiger partial charge in [-0.05, 0) is 31.0 Å². The molecule has 1 saturated carbocycles. The maximum atomic E-state index is 15.0. The minimum Gasteiger partial charge on any atom is -0.463 e. The molecule has 2 aromatic heterocycles. The van der Waals surface area contributed by atoms with Crippen molar-refractivity contribution in [2.75, 3.05) is 6.61 Å². The Balaban J connectivity index is 1.49. The molecule has 34 heavy (non-hydrogen) atoms. The Kier molecular flexibility index (Phi) is 5.40. The molecule has 0 bridgehead atoms. The first kappa shape index (κ1) is 22.5. The number of fused-ring (bicyclic) bond motifs is 2. The molecule has 2 aliphatic rings. The van der Waals surface area contributed by atoms with Crippen LogP contribution in [0.5, 0.6) is 5.88 Å². The van der Waals surface area contributed by atoms with Crippen LogP contribution in [-0.4, -0.2) is 37.9 Å². The average molecular weight is 484 g/mol. The van der Waals surface area contributed by atoms with E-state index in [9.17, 15) is 8.78 Å². The summed E-state index contributed by atoms with van der Waals surface area (Å²) in [5, 5.41) is 0.0511. The number of terminal acetylenes is 1. The molecular weight excluding hydrogens is 463 g/mol. The molecular formula is C24H20F3N5OS. The van der Waals surface area contributed by atoms with Crippen LogP contribution in [0.2, 0.25) is 0 Å². The first-order chi connectivity index (χ1) is 16.3. The van der Waals surface area contributed by atoms with Crippen LogP contribution in [0.15, 0.2) is 41.7 Å². The van der Waals surface area contributed by atoms with Crippen LogP contribution >= 0.6 is 11.8 Å². The number of halogens is 3. The molecule has 0 unspecified atom stereocenters. The second-order valence-corrected chi connectivity index (χ2v) is 9.91. The first-order valence-electron chi connectivity index (χ1n) is 10.5. The van der Waals surface area contributed by atoms with E-state index < -0.39 is 28.4 Å². The molecule has 3 atom stereocenters. The molecule has 2 N–H and O–H groups in total. The molecule has 174 valence electrons. The van der Waals surface area contributed by atoms with Crippen LogP contribution in [0.4, 0.5) is 13.2 Å². The van der Waals surface area contributed by atoms with E-state index in [0.717, 1.165) is 17.3 Å². The Hall–Kier alpha value is -3.32. The molecule has 5 rings (SSSR count). The molecule has 0 saturated heterocycles. The van der Waals surface area contributed by atoms with E-state index in [1.54, 1.807) is 31.3 Å². The number of hydrogen-bond donors (Lipinski definition) is 1. The molecule has 6 nitrogen and oxygen atoms in total. The van der Waals surface area contributed by atoms with Gasteiger partial charge in [0.1, 0.15) is 11.3 Å². The number of rotatable bonds is 6. The largest absolute Gasteiger partial charge is 0.463 e. The van der Waals surface area contributed by atoms with Crippen molar-refractivity contribution in [3.63, 3.8) is 0 Å². The fourth-order valence-electron chi connectivity index (χ4n) is 4.67. The fourth-order valence-corrected chi connectivity index (χ4v) is 6.00. The summed E-state index contributed by atoms with van der Waals surface area (Å²) in [5.41, 5.74) is 7.50. The molecule has 1 aromatic carbocycles. The average Bonchev–Trinajstić information content (AvgIpc) is 3.56. The van der Waals surface area contributed by atoms with Crippen LogP contribution in [0, 0.1) is 24.1 Å². The fraction of sp³-hybridized carbons (Fsp3) is 0.333. The quantitative estimate of drug-likeness (QED) is 0.532. The number of amidine groups is 1. The summed E-state index contributed by atoms with van der Waals surface area (Å²) >= 11 is 0.897. The van der Waals surface area contributed by atoms with Crippen LogP contribution in [-0.2, 0) is 12.0 Å². The van der Waals surface area contributed by atoms with E-state index in [2.05, 4.69) is 25.9 Å². The van der Waals surface area contributed by atoms with Gasteiger partial charge in [0.05, 0.1) is 27.7 Å². The van der Waals surface area contributed by atoms with Gasteiger partial charge in [-0.2, -0.15) is 0 Å². The molecule has 1 aliphatic carbocycles. The summed E-state index contributed by atoms with van der Waals surface area (Å²) in [6.45, 7) is 1.75. The van der Waals surface area contributed by atoms with Gasteiger partial charge in [-0.3, -0.25) is 9.98 Å². The zero-order valence-electron chi connectivity index (χ0n) is 18.1. The number of ether oxygens (including phenoxy) is 1. The van der Waals surface area contributed by atoms with Gasteiger partial charge in [-0.15, -0.1) is 6.42 Å². The number of nitrogens with zero attached hydrogens (tertiary/aromatic N) is 4. The van der Waals surface area contributed by atoms with E-state index in [-0.39, 0.29) is 23.8 Å². The smallest absolute Gasteiger partial charge is 0.253 e. The minimum atomic E-state index is -2.57. The Bertz CT molecular complexity index is 1360. The molecule has 0 spiro atoms. The third-order valence-electron chi connectivity index (χ3n) is 6.40. The van der Waals surface area contributed by atoms with Crippen molar-refractivity contribution < 1.29 is 17.9 Å². The number of pyridine rings is 1. The molecule has 3 heterocycles. The van der Waals surface area contributed by atoms with E-state index in [4.69, 9.17) is 16.9 Å². The van der Waals surface area contributed by atoms with Crippen molar-refractivity contribution in [3.05, 3.63) is 59.3 Å². The minimum absolute atomic E-state index is 0.0511. The maximum absolute atomic E-state index is 15.0. The van der Waals surface area contributed by atoms with Crippen LogP contribution < -0.4 is 10.5 Å². The van der Waals surface area contributed by atoms with Crippen molar-refractivity contribution in [3.8, 4) is 18.2 Å². The Labute approximate surface area is 198 Å². The lowest BCUT2D eigenvalue weighted by Crippen LogP contribution is -2.38. The third kappa shape index (κ3) is 3.64. The van der Waals surface area contributed by atoms with E-state index >= 15 is 4.39 Å². The monoisotopic (exact) mass is 483 g/mol. The highest BCUT2D eigenvalue weighted by molar-refractivity contribution is 8.15. The van der Waals surface area contributed by atoms with Gasteiger partial charge in [0.2, 0.25) is 5.88 Å². The van der Waals surface area contributed by atoms with Crippen LogP contribution in [0.1, 0.15) is 30.2 Å². The molecule has 0 radical (unpaired) electrons. The highest BCUT2D eigenvalue weighted by Crippen LogP contribution is 2.68. The van der Waals surface area contributed by atoms with Crippen molar-refractivity contribution in [2.45, 2.75) is 36.5 Å². The summed E-state index contributed by atoms with van der Waals surface area (Å²) in [6.07, 6.45) is 6.27. The Morgan fingerprint density at radius 1 is 1.32 bits per heavy atom. The van der Waals surface area contributed by atoms with Gasteiger partial charge in [-0.1, -0.05) is 29.8 Å². The number of thioether (sulfide) groups is 1. The SMILES string of the molecule is C#CCOc1cnc2c(Cc3ccc(F)c([C@@]4(C)N=C(N)S[C@@]5(C(F)F)C[C@@H]45)c3)nccc2n1. The van der Waals surface area contributed by atoms with Crippen molar-refractivity contribution in [2.24, 2.45) is 16.6 Å². The van der Waals surface area contributed by atoms with E-state index in [1.807, 2.05) is 0 Å². The summed E-state index contributed by atoms with van der Waals surface area (Å²) in [5.74, 6) is 1.66.